The van der Waals surface area contributed by atoms with E-state index in [-0.39, 0.29) is 11.8 Å². The van der Waals surface area contributed by atoms with Crippen molar-refractivity contribution in [3.05, 3.63) is 78.4 Å². The lowest BCUT2D eigenvalue weighted by atomic mass is 10.1. The van der Waals surface area contributed by atoms with Crippen LogP contribution in [0.4, 0.5) is 0 Å². The molecule has 0 aliphatic carbocycles. The first-order valence-corrected chi connectivity index (χ1v) is 9.02. The van der Waals surface area contributed by atoms with Gasteiger partial charge >= 0.3 is 0 Å². The van der Waals surface area contributed by atoms with Gasteiger partial charge in [-0.15, -0.1) is 0 Å². The molecule has 0 saturated carbocycles. The van der Waals surface area contributed by atoms with Crippen molar-refractivity contribution in [1.29, 1.82) is 0 Å². The van der Waals surface area contributed by atoms with Crippen LogP contribution in [0.5, 0.6) is 11.6 Å². The summed E-state index contributed by atoms with van der Waals surface area (Å²) in [6.45, 7) is 1.87. The predicted molar refractivity (Wildman–Crippen MR) is 101 cm³/mol. The van der Waals surface area contributed by atoms with Crippen molar-refractivity contribution >= 4 is 11.8 Å². The molecular weight excluding hydrogens is 358 g/mol. The third kappa shape index (κ3) is 3.88. The van der Waals surface area contributed by atoms with Crippen LogP contribution in [0.15, 0.2) is 71.5 Å². The Labute approximate surface area is 162 Å². The molecule has 1 fully saturated rings. The van der Waals surface area contributed by atoms with E-state index >= 15 is 0 Å². The van der Waals surface area contributed by atoms with Gasteiger partial charge in [-0.2, -0.15) is 0 Å². The zero-order valence-electron chi connectivity index (χ0n) is 15.2. The topological polar surface area (TPSA) is 75.9 Å². The van der Waals surface area contributed by atoms with E-state index in [9.17, 15) is 9.59 Å². The molecule has 7 heteroatoms. The number of benzene rings is 1. The SMILES string of the molecule is O=C(c1cccc(Oc2ccccn2)c1)N1CCN(C(=O)c2ccco2)CC1. The fraction of sp³-hybridized carbons (Fsp3) is 0.190. The summed E-state index contributed by atoms with van der Waals surface area (Å²) in [7, 11) is 0. The Balaban J connectivity index is 1.39. The van der Waals surface area contributed by atoms with Gasteiger partial charge in [0, 0.05) is 44.0 Å². The number of rotatable bonds is 4. The van der Waals surface area contributed by atoms with E-state index in [0.717, 1.165) is 0 Å². The third-order valence-electron chi connectivity index (χ3n) is 4.53. The van der Waals surface area contributed by atoms with E-state index < -0.39 is 0 Å². The van der Waals surface area contributed by atoms with Crippen molar-refractivity contribution in [1.82, 2.24) is 14.8 Å². The van der Waals surface area contributed by atoms with Gasteiger partial charge in [-0.3, -0.25) is 9.59 Å². The lowest BCUT2D eigenvalue weighted by Crippen LogP contribution is -2.50. The Morgan fingerprint density at radius 3 is 2.36 bits per heavy atom. The van der Waals surface area contributed by atoms with Crippen LogP contribution in [0, 0.1) is 0 Å². The maximum atomic E-state index is 12.8. The van der Waals surface area contributed by atoms with Gasteiger partial charge in [0.2, 0.25) is 5.88 Å². The molecule has 142 valence electrons. The first-order valence-electron chi connectivity index (χ1n) is 9.02. The van der Waals surface area contributed by atoms with Crippen molar-refractivity contribution in [2.75, 3.05) is 26.2 Å². The minimum atomic E-state index is -0.150. The van der Waals surface area contributed by atoms with Gasteiger partial charge in [0.1, 0.15) is 5.75 Å². The number of piperazine rings is 1. The summed E-state index contributed by atoms with van der Waals surface area (Å²) < 4.78 is 10.9. The van der Waals surface area contributed by atoms with Gasteiger partial charge < -0.3 is 19.0 Å². The zero-order valence-corrected chi connectivity index (χ0v) is 15.2. The summed E-state index contributed by atoms with van der Waals surface area (Å²) in [5.74, 6) is 1.10. The Hall–Kier alpha value is -3.61. The van der Waals surface area contributed by atoms with Gasteiger partial charge in [-0.1, -0.05) is 12.1 Å². The van der Waals surface area contributed by atoms with Crippen LogP contribution < -0.4 is 4.74 Å². The number of furan rings is 1. The van der Waals surface area contributed by atoms with Gasteiger partial charge in [0.15, 0.2) is 5.76 Å². The minimum absolute atomic E-state index is 0.0865. The molecule has 0 N–H and O–H groups in total. The molecule has 2 aromatic heterocycles. The Morgan fingerprint density at radius 1 is 0.893 bits per heavy atom. The highest BCUT2D eigenvalue weighted by Gasteiger charge is 2.26. The lowest BCUT2D eigenvalue weighted by molar-refractivity contribution is 0.0518. The first-order chi connectivity index (χ1) is 13.7. The van der Waals surface area contributed by atoms with Gasteiger partial charge in [-0.05, 0) is 36.4 Å². The summed E-state index contributed by atoms with van der Waals surface area (Å²) in [6, 6.07) is 15.8. The summed E-state index contributed by atoms with van der Waals surface area (Å²) in [5.41, 5.74) is 0.541. The van der Waals surface area contributed by atoms with E-state index in [1.165, 1.54) is 6.26 Å². The monoisotopic (exact) mass is 377 g/mol. The number of hydrogen-bond acceptors (Lipinski definition) is 5. The maximum Gasteiger partial charge on any atom is 0.289 e. The van der Waals surface area contributed by atoms with Crippen LogP contribution in [0.2, 0.25) is 0 Å². The molecule has 1 aromatic carbocycles. The van der Waals surface area contributed by atoms with Gasteiger partial charge in [-0.25, -0.2) is 4.98 Å². The summed E-state index contributed by atoms with van der Waals surface area (Å²) >= 11 is 0. The Bertz CT molecular complexity index is 949. The molecule has 0 bridgehead atoms. The van der Waals surface area contributed by atoms with Crippen molar-refractivity contribution in [3.63, 3.8) is 0 Å². The summed E-state index contributed by atoms with van der Waals surface area (Å²) in [4.78, 5) is 32.7. The maximum absolute atomic E-state index is 12.8. The smallest absolute Gasteiger partial charge is 0.289 e. The van der Waals surface area contributed by atoms with E-state index in [1.54, 1.807) is 58.5 Å². The van der Waals surface area contributed by atoms with Crippen molar-refractivity contribution < 1.29 is 18.7 Å². The quantitative estimate of drug-likeness (QED) is 0.698. The van der Waals surface area contributed by atoms with Gasteiger partial charge in [0.05, 0.1) is 6.26 Å². The second-order valence-corrected chi connectivity index (χ2v) is 6.36. The number of ether oxygens (including phenoxy) is 1. The molecule has 4 rings (SSSR count). The molecule has 0 unspecified atom stereocenters. The minimum Gasteiger partial charge on any atom is -0.459 e. The number of carbonyl (C=O) groups is 2. The number of hydrogen-bond donors (Lipinski definition) is 0. The molecular formula is C21H19N3O4. The third-order valence-corrected chi connectivity index (χ3v) is 4.53. The van der Waals surface area contributed by atoms with Crippen LogP contribution in [0.25, 0.3) is 0 Å². The molecule has 0 spiro atoms. The predicted octanol–water partition coefficient (Wildman–Crippen LogP) is 3.07. The number of aromatic nitrogens is 1. The molecule has 28 heavy (non-hydrogen) atoms. The fourth-order valence-corrected chi connectivity index (χ4v) is 3.07. The average molecular weight is 377 g/mol. The normalized spacial score (nSPS) is 14.0. The molecule has 1 aliphatic rings. The standard InChI is InChI=1S/C21H19N3O4/c25-20(16-5-3-6-17(15-16)28-19-8-1-2-9-22-19)23-10-12-24(13-11-23)21(26)18-7-4-14-27-18/h1-9,14-15H,10-13H2. The van der Waals surface area contributed by atoms with E-state index in [1.807, 2.05) is 12.1 Å². The molecule has 2 amide bonds. The van der Waals surface area contributed by atoms with Crippen LogP contribution >= 0.6 is 0 Å². The summed E-state index contributed by atoms with van der Waals surface area (Å²) in [5, 5.41) is 0. The highest BCUT2D eigenvalue weighted by atomic mass is 16.5. The van der Waals surface area contributed by atoms with Gasteiger partial charge in [0.25, 0.3) is 11.8 Å². The van der Waals surface area contributed by atoms with Crippen molar-refractivity contribution in [3.8, 4) is 11.6 Å². The van der Waals surface area contributed by atoms with Crippen molar-refractivity contribution in [2.24, 2.45) is 0 Å². The molecule has 0 atom stereocenters. The summed E-state index contributed by atoms with van der Waals surface area (Å²) in [6.07, 6.45) is 3.13. The van der Waals surface area contributed by atoms with Crippen LogP contribution in [0.1, 0.15) is 20.9 Å². The van der Waals surface area contributed by atoms with E-state index in [0.29, 0.717) is 49.1 Å². The Kier molecular flexibility index (Phi) is 5.05. The average Bonchev–Trinajstić information content (AvgIpc) is 3.29. The van der Waals surface area contributed by atoms with Crippen LogP contribution in [-0.2, 0) is 0 Å². The van der Waals surface area contributed by atoms with E-state index in [4.69, 9.17) is 9.15 Å². The van der Waals surface area contributed by atoms with Crippen LogP contribution in [0.3, 0.4) is 0 Å². The largest absolute Gasteiger partial charge is 0.459 e. The highest BCUT2D eigenvalue weighted by molar-refractivity contribution is 5.95. The van der Waals surface area contributed by atoms with Crippen molar-refractivity contribution in [2.45, 2.75) is 0 Å². The molecule has 3 aromatic rings. The second-order valence-electron chi connectivity index (χ2n) is 6.36. The number of carbonyl (C=O) groups excluding carboxylic acids is 2. The number of amides is 2. The molecule has 0 radical (unpaired) electrons. The molecule has 3 heterocycles. The van der Waals surface area contributed by atoms with Crippen LogP contribution in [-0.4, -0.2) is 52.8 Å². The van der Waals surface area contributed by atoms with E-state index in [2.05, 4.69) is 4.98 Å². The fourth-order valence-electron chi connectivity index (χ4n) is 3.07. The second kappa shape index (κ2) is 7.96. The molecule has 1 aliphatic heterocycles. The molecule has 1 saturated heterocycles. The number of pyridine rings is 1. The highest BCUT2D eigenvalue weighted by Crippen LogP contribution is 2.21. The zero-order chi connectivity index (χ0) is 19.3. The lowest BCUT2D eigenvalue weighted by Gasteiger charge is -2.34. The first kappa shape index (κ1) is 17.8. The number of nitrogens with zero attached hydrogens (tertiary/aromatic N) is 3. The Morgan fingerprint density at radius 2 is 1.68 bits per heavy atom. The molecule has 7 nitrogen and oxygen atoms in total.